The smallest absolute Gasteiger partial charge is 0.303 e. The van der Waals surface area contributed by atoms with Gasteiger partial charge in [0, 0.05) is 6.42 Å². The van der Waals surface area contributed by atoms with E-state index in [9.17, 15) is 4.79 Å². The van der Waals surface area contributed by atoms with Crippen molar-refractivity contribution in [2.45, 2.75) is 26.7 Å². The van der Waals surface area contributed by atoms with Gasteiger partial charge in [0.2, 0.25) is 0 Å². The van der Waals surface area contributed by atoms with Crippen LogP contribution in [0.15, 0.2) is 18.2 Å². The average Bonchev–Trinajstić information content (AvgIpc) is 2.74. The summed E-state index contributed by atoms with van der Waals surface area (Å²) in [6, 6.07) is 5.95. The lowest BCUT2D eigenvalue weighted by Gasteiger charge is -2.07. The van der Waals surface area contributed by atoms with Crippen molar-refractivity contribution in [2.24, 2.45) is 0 Å². The number of benzene rings is 1. The van der Waals surface area contributed by atoms with Gasteiger partial charge in [-0.3, -0.25) is 4.79 Å². The Hall–Kier alpha value is -2.24. The molecule has 0 atom stereocenters. The van der Waals surface area contributed by atoms with Crippen LogP contribution < -0.4 is 0 Å². The number of tetrazole rings is 1. The molecule has 94 valence electrons. The number of hydrogen-bond acceptors (Lipinski definition) is 4. The third kappa shape index (κ3) is 2.53. The molecular formula is C12H14N4O2. The van der Waals surface area contributed by atoms with E-state index in [1.165, 1.54) is 0 Å². The molecule has 2 aromatic rings. The van der Waals surface area contributed by atoms with Crippen molar-refractivity contribution < 1.29 is 9.90 Å². The minimum atomic E-state index is -0.856. The summed E-state index contributed by atoms with van der Waals surface area (Å²) >= 11 is 0. The summed E-state index contributed by atoms with van der Waals surface area (Å²) in [5.74, 6) is -0.297. The Morgan fingerprint density at radius 2 is 2.17 bits per heavy atom. The van der Waals surface area contributed by atoms with E-state index in [0.717, 1.165) is 16.8 Å². The van der Waals surface area contributed by atoms with Crippen LogP contribution in [0.25, 0.3) is 5.69 Å². The molecule has 0 bridgehead atoms. The fraction of sp³-hybridized carbons (Fsp3) is 0.333. The van der Waals surface area contributed by atoms with Crippen LogP contribution in [-0.4, -0.2) is 31.3 Å². The van der Waals surface area contributed by atoms with Crippen LogP contribution in [0.2, 0.25) is 0 Å². The SMILES string of the molecule is Cc1ccc(-n2nnnc2CCC(=O)O)c(C)c1. The highest BCUT2D eigenvalue weighted by Gasteiger charge is 2.11. The number of aryl methyl sites for hydroxylation is 3. The lowest BCUT2D eigenvalue weighted by Crippen LogP contribution is -2.07. The third-order valence-electron chi connectivity index (χ3n) is 2.68. The Morgan fingerprint density at radius 3 is 2.83 bits per heavy atom. The molecule has 0 aliphatic heterocycles. The predicted octanol–water partition coefficient (Wildman–Crippen LogP) is 1.30. The van der Waals surface area contributed by atoms with Crippen LogP contribution in [0.5, 0.6) is 0 Å². The standard InChI is InChI=1S/C12H14N4O2/c1-8-3-4-10(9(2)7-8)16-11(13-14-15-16)5-6-12(17)18/h3-4,7H,5-6H2,1-2H3,(H,17,18). The molecule has 0 saturated carbocycles. The van der Waals surface area contributed by atoms with Gasteiger partial charge < -0.3 is 5.11 Å². The van der Waals surface area contributed by atoms with E-state index in [1.807, 2.05) is 32.0 Å². The van der Waals surface area contributed by atoms with Crippen LogP contribution in [0.4, 0.5) is 0 Å². The number of aliphatic carboxylic acids is 1. The number of rotatable bonds is 4. The molecule has 1 aromatic carbocycles. The number of nitrogens with zero attached hydrogens (tertiary/aromatic N) is 4. The molecule has 2 rings (SSSR count). The Balaban J connectivity index is 2.33. The Morgan fingerprint density at radius 1 is 1.39 bits per heavy atom. The van der Waals surface area contributed by atoms with Gasteiger partial charge in [0.05, 0.1) is 12.1 Å². The van der Waals surface area contributed by atoms with Gasteiger partial charge in [-0.2, -0.15) is 4.68 Å². The second-order valence-electron chi connectivity index (χ2n) is 4.19. The first kappa shape index (κ1) is 12.2. The number of carbonyl (C=O) groups is 1. The van der Waals surface area contributed by atoms with Gasteiger partial charge in [-0.15, -0.1) is 5.10 Å². The number of aromatic nitrogens is 4. The van der Waals surface area contributed by atoms with E-state index in [-0.39, 0.29) is 6.42 Å². The Kier molecular flexibility index (Phi) is 3.36. The molecule has 1 N–H and O–H groups in total. The van der Waals surface area contributed by atoms with E-state index >= 15 is 0 Å². The van der Waals surface area contributed by atoms with Gasteiger partial charge in [-0.25, -0.2) is 0 Å². The van der Waals surface area contributed by atoms with Crippen molar-refractivity contribution in [2.75, 3.05) is 0 Å². The van der Waals surface area contributed by atoms with Crippen molar-refractivity contribution in [3.63, 3.8) is 0 Å². The highest BCUT2D eigenvalue weighted by molar-refractivity contribution is 5.66. The van der Waals surface area contributed by atoms with Gasteiger partial charge in [-0.1, -0.05) is 17.7 Å². The molecule has 0 spiro atoms. The molecule has 0 saturated heterocycles. The molecule has 0 fully saturated rings. The summed E-state index contributed by atoms with van der Waals surface area (Å²) in [5, 5.41) is 20.1. The fourth-order valence-electron chi connectivity index (χ4n) is 1.81. The Labute approximate surface area is 104 Å². The molecule has 6 heteroatoms. The molecular weight excluding hydrogens is 232 g/mol. The van der Waals surface area contributed by atoms with E-state index < -0.39 is 5.97 Å². The summed E-state index contributed by atoms with van der Waals surface area (Å²) in [6.07, 6.45) is 0.334. The first-order valence-corrected chi connectivity index (χ1v) is 5.64. The molecule has 6 nitrogen and oxygen atoms in total. The first-order chi connectivity index (χ1) is 8.58. The second-order valence-corrected chi connectivity index (χ2v) is 4.19. The lowest BCUT2D eigenvalue weighted by atomic mass is 10.1. The van der Waals surface area contributed by atoms with Crippen LogP contribution in [0, 0.1) is 13.8 Å². The monoisotopic (exact) mass is 246 g/mol. The zero-order valence-corrected chi connectivity index (χ0v) is 10.3. The summed E-state index contributed by atoms with van der Waals surface area (Å²) in [5.41, 5.74) is 3.10. The predicted molar refractivity (Wildman–Crippen MR) is 64.6 cm³/mol. The summed E-state index contributed by atoms with van der Waals surface area (Å²) in [7, 11) is 0. The normalized spacial score (nSPS) is 10.6. The molecule has 1 aromatic heterocycles. The highest BCUT2D eigenvalue weighted by Crippen LogP contribution is 2.16. The van der Waals surface area contributed by atoms with Crippen LogP contribution in [0.3, 0.4) is 0 Å². The van der Waals surface area contributed by atoms with Crippen molar-refractivity contribution in [3.8, 4) is 5.69 Å². The zero-order chi connectivity index (χ0) is 13.1. The van der Waals surface area contributed by atoms with E-state index in [4.69, 9.17) is 5.11 Å². The first-order valence-electron chi connectivity index (χ1n) is 5.64. The lowest BCUT2D eigenvalue weighted by molar-refractivity contribution is -0.137. The molecule has 0 aliphatic rings. The summed E-state index contributed by atoms with van der Waals surface area (Å²) < 4.78 is 1.59. The molecule has 0 amide bonds. The maximum absolute atomic E-state index is 10.6. The largest absolute Gasteiger partial charge is 0.481 e. The summed E-state index contributed by atoms with van der Waals surface area (Å²) in [4.78, 5) is 10.6. The van der Waals surface area contributed by atoms with E-state index in [0.29, 0.717) is 12.2 Å². The third-order valence-corrected chi connectivity index (χ3v) is 2.68. The number of carboxylic acids is 1. The Bertz CT molecular complexity index is 577. The zero-order valence-electron chi connectivity index (χ0n) is 10.3. The van der Waals surface area contributed by atoms with Gasteiger partial charge in [0.25, 0.3) is 0 Å². The van der Waals surface area contributed by atoms with Gasteiger partial charge >= 0.3 is 5.97 Å². The molecule has 0 unspecified atom stereocenters. The minimum absolute atomic E-state index is 0.0191. The molecule has 0 aliphatic carbocycles. The van der Waals surface area contributed by atoms with Crippen LogP contribution in [0.1, 0.15) is 23.4 Å². The second kappa shape index (κ2) is 4.95. The molecule has 0 radical (unpaired) electrons. The highest BCUT2D eigenvalue weighted by atomic mass is 16.4. The number of carboxylic acid groups (broad SMARTS) is 1. The maximum atomic E-state index is 10.6. The van der Waals surface area contributed by atoms with E-state index in [2.05, 4.69) is 15.5 Å². The molecule has 18 heavy (non-hydrogen) atoms. The quantitative estimate of drug-likeness (QED) is 0.879. The fourth-order valence-corrected chi connectivity index (χ4v) is 1.81. The van der Waals surface area contributed by atoms with Crippen LogP contribution >= 0.6 is 0 Å². The van der Waals surface area contributed by atoms with Gasteiger partial charge in [-0.05, 0) is 35.9 Å². The van der Waals surface area contributed by atoms with E-state index in [1.54, 1.807) is 4.68 Å². The van der Waals surface area contributed by atoms with Crippen molar-refractivity contribution >= 4 is 5.97 Å². The van der Waals surface area contributed by atoms with Crippen molar-refractivity contribution in [3.05, 3.63) is 35.2 Å². The van der Waals surface area contributed by atoms with Crippen molar-refractivity contribution in [1.29, 1.82) is 0 Å². The van der Waals surface area contributed by atoms with Crippen molar-refractivity contribution in [1.82, 2.24) is 20.2 Å². The van der Waals surface area contributed by atoms with Crippen LogP contribution in [-0.2, 0) is 11.2 Å². The topological polar surface area (TPSA) is 80.9 Å². The summed E-state index contributed by atoms with van der Waals surface area (Å²) in [6.45, 7) is 3.99. The molecule has 1 heterocycles. The average molecular weight is 246 g/mol. The minimum Gasteiger partial charge on any atom is -0.481 e. The number of hydrogen-bond donors (Lipinski definition) is 1. The maximum Gasteiger partial charge on any atom is 0.303 e. The van der Waals surface area contributed by atoms with Gasteiger partial charge in [0.1, 0.15) is 0 Å². The van der Waals surface area contributed by atoms with Gasteiger partial charge in [0.15, 0.2) is 5.82 Å².